The van der Waals surface area contributed by atoms with Crippen molar-refractivity contribution in [1.29, 1.82) is 0 Å². The van der Waals surface area contributed by atoms with Crippen LogP contribution in [0.2, 0.25) is 0 Å². The lowest BCUT2D eigenvalue weighted by Gasteiger charge is -2.03. The van der Waals surface area contributed by atoms with E-state index in [0.717, 1.165) is 21.8 Å². The Bertz CT molecular complexity index is 676. The quantitative estimate of drug-likeness (QED) is 0.723. The van der Waals surface area contributed by atoms with E-state index in [1.807, 2.05) is 48.6 Å². The highest BCUT2D eigenvalue weighted by atomic mass is 32.1. The van der Waals surface area contributed by atoms with Gasteiger partial charge in [-0.25, -0.2) is 4.37 Å². The van der Waals surface area contributed by atoms with Gasteiger partial charge in [0.25, 0.3) is 0 Å². The molecular weight excluding hydrogens is 254 g/mol. The van der Waals surface area contributed by atoms with Crippen LogP contribution in [0.1, 0.15) is 10.6 Å². The Morgan fingerprint density at radius 1 is 0.842 bits per heavy atom. The van der Waals surface area contributed by atoms with Crippen LogP contribution in [0.5, 0.6) is 0 Å². The maximum absolute atomic E-state index is 4.42. The molecule has 1 aromatic carbocycles. The highest BCUT2D eigenvalue weighted by Crippen LogP contribution is 2.21. The average molecular weight is 265 g/mol. The highest BCUT2D eigenvalue weighted by Gasteiger charge is 2.04. The molecule has 0 N–H and O–H groups in total. The fraction of sp³-hybridized carbons (Fsp3) is 0. The Kier molecular flexibility index (Phi) is 3.42. The van der Waals surface area contributed by atoms with Gasteiger partial charge >= 0.3 is 0 Å². The van der Waals surface area contributed by atoms with Gasteiger partial charge in [0.1, 0.15) is 0 Å². The molecule has 0 spiro atoms. The zero-order valence-electron chi connectivity index (χ0n) is 10.1. The topological polar surface area (TPSA) is 38.7 Å². The van der Waals surface area contributed by atoms with Gasteiger partial charge in [-0.15, -0.1) is 0 Å². The smallest absolute Gasteiger partial charge is 0.0958 e. The molecule has 0 unspecified atom stereocenters. The van der Waals surface area contributed by atoms with E-state index in [4.69, 9.17) is 0 Å². The predicted molar refractivity (Wildman–Crippen MR) is 78.5 cm³/mol. The minimum absolute atomic E-state index is 0.863. The molecule has 0 aliphatic heterocycles. The van der Waals surface area contributed by atoms with Crippen LogP contribution in [0.3, 0.4) is 0 Å². The van der Waals surface area contributed by atoms with E-state index in [1.165, 1.54) is 11.5 Å². The Hall–Kier alpha value is -2.33. The molecule has 0 amide bonds. The minimum Gasteiger partial charge on any atom is -0.253 e. The fourth-order valence-corrected chi connectivity index (χ4v) is 2.26. The summed E-state index contributed by atoms with van der Waals surface area (Å²) in [4.78, 5) is 9.91. The van der Waals surface area contributed by atoms with Gasteiger partial charge in [-0.1, -0.05) is 30.3 Å². The van der Waals surface area contributed by atoms with Crippen LogP contribution < -0.4 is 0 Å². The third kappa shape index (κ3) is 2.74. The van der Waals surface area contributed by atoms with Crippen LogP contribution in [0.25, 0.3) is 23.4 Å². The molecule has 19 heavy (non-hydrogen) atoms. The number of hydrogen-bond acceptors (Lipinski definition) is 4. The van der Waals surface area contributed by atoms with Crippen LogP contribution in [-0.2, 0) is 0 Å². The summed E-state index contributed by atoms with van der Waals surface area (Å²) in [6.45, 7) is 0. The van der Waals surface area contributed by atoms with E-state index in [2.05, 4.69) is 14.3 Å². The normalized spacial score (nSPS) is 10.9. The van der Waals surface area contributed by atoms with Gasteiger partial charge in [0.05, 0.1) is 11.4 Å². The standard InChI is InChI=1S/C15H11N3S/c1-2-4-12(5-3-1)15-14(16-10-11-17-15)7-6-13-8-9-18-19-13/h1-11H/b7-6+. The molecule has 92 valence electrons. The average Bonchev–Trinajstić information content (AvgIpc) is 3.00. The van der Waals surface area contributed by atoms with E-state index < -0.39 is 0 Å². The van der Waals surface area contributed by atoms with Crippen molar-refractivity contribution in [3.63, 3.8) is 0 Å². The fourth-order valence-electron chi connectivity index (χ4n) is 1.76. The van der Waals surface area contributed by atoms with E-state index in [9.17, 15) is 0 Å². The third-order valence-corrected chi connectivity index (χ3v) is 3.35. The third-order valence-electron chi connectivity index (χ3n) is 2.64. The van der Waals surface area contributed by atoms with Crippen molar-refractivity contribution in [3.8, 4) is 11.3 Å². The van der Waals surface area contributed by atoms with Crippen molar-refractivity contribution in [3.05, 3.63) is 65.6 Å². The Morgan fingerprint density at radius 3 is 2.47 bits per heavy atom. The number of nitrogens with zero attached hydrogens (tertiary/aromatic N) is 3. The molecule has 3 rings (SSSR count). The van der Waals surface area contributed by atoms with Crippen LogP contribution in [0.15, 0.2) is 55.0 Å². The zero-order chi connectivity index (χ0) is 12.9. The largest absolute Gasteiger partial charge is 0.253 e. The van der Waals surface area contributed by atoms with Gasteiger partial charge in [-0.3, -0.25) is 9.97 Å². The van der Waals surface area contributed by atoms with Crippen molar-refractivity contribution in [1.82, 2.24) is 14.3 Å². The molecule has 0 aliphatic carbocycles. The van der Waals surface area contributed by atoms with Crippen molar-refractivity contribution in [2.45, 2.75) is 0 Å². The van der Waals surface area contributed by atoms with Crippen LogP contribution in [0.4, 0.5) is 0 Å². The molecule has 0 bridgehead atoms. The Morgan fingerprint density at radius 2 is 1.68 bits per heavy atom. The van der Waals surface area contributed by atoms with Crippen molar-refractivity contribution in [2.24, 2.45) is 0 Å². The van der Waals surface area contributed by atoms with E-state index in [0.29, 0.717) is 0 Å². The van der Waals surface area contributed by atoms with Gasteiger partial charge in [0, 0.05) is 29.0 Å². The predicted octanol–water partition coefficient (Wildman–Crippen LogP) is 3.77. The minimum atomic E-state index is 0.863. The first-order valence-corrected chi connectivity index (χ1v) is 6.66. The molecule has 0 saturated carbocycles. The number of hydrogen-bond donors (Lipinski definition) is 0. The van der Waals surface area contributed by atoms with Gasteiger partial charge in [0.15, 0.2) is 0 Å². The summed E-state index contributed by atoms with van der Waals surface area (Å²) in [6.07, 6.45) is 9.20. The monoisotopic (exact) mass is 265 g/mol. The van der Waals surface area contributed by atoms with Gasteiger partial charge in [-0.2, -0.15) is 0 Å². The second kappa shape index (κ2) is 5.54. The second-order valence-corrected chi connectivity index (χ2v) is 4.77. The Labute approximate surface area is 115 Å². The van der Waals surface area contributed by atoms with Crippen LogP contribution in [0, 0.1) is 0 Å². The lowest BCUT2D eigenvalue weighted by Crippen LogP contribution is -1.90. The van der Waals surface area contributed by atoms with Crippen molar-refractivity contribution >= 4 is 23.7 Å². The maximum atomic E-state index is 4.42. The summed E-state index contributed by atoms with van der Waals surface area (Å²) in [5.41, 5.74) is 2.82. The summed E-state index contributed by atoms with van der Waals surface area (Å²) in [5.74, 6) is 0. The highest BCUT2D eigenvalue weighted by molar-refractivity contribution is 7.06. The summed E-state index contributed by atoms with van der Waals surface area (Å²) in [5, 5.41) is 0. The molecule has 3 aromatic rings. The lowest BCUT2D eigenvalue weighted by atomic mass is 10.1. The van der Waals surface area contributed by atoms with Gasteiger partial charge in [-0.05, 0) is 29.8 Å². The molecule has 0 saturated heterocycles. The molecule has 2 heterocycles. The van der Waals surface area contributed by atoms with Crippen molar-refractivity contribution in [2.75, 3.05) is 0 Å². The molecule has 0 atom stereocenters. The summed E-state index contributed by atoms with van der Waals surface area (Å²) < 4.78 is 4.07. The van der Waals surface area contributed by atoms with Crippen LogP contribution in [-0.4, -0.2) is 14.3 Å². The second-order valence-electron chi connectivity index (χ2n) is 3.90. The van der Waals surface area contributed by atoms with Gasteiger partial charge < -0.3 is 0 Å². The van der Waals surface area contributed by atoms with E-state index in [-0.39, 0.29) is 0 Å². The van der Waals surface area contributed by atoms with Crippen molar-refractivity contribution < 1.29 is 0 Å². The molecule has 3 nitrogen and oxygen atoms in total. The molecule has 0 radical (unpaired) electrons. The first kappa shape index (κ1) is 11.7. The van der Waals surface area contributed by atoms with Crippen LogP contribution >= 0.6 is 11.5 Å². The first-order chi connectivity index (χ1) is 9.43. The zero-order valence-corrected chi connectivity index (χ0v) is 10.9. The summed E-state index contributed by atoms with van der Waals surface area (Å²) in [6, 6.07) is 12.0. The summed E-state index contributed by atoms with van der Waals surface area (Å²) in [7, 11) is 0. The van der Waals surface area contributed by atoms with E-state index in [1.54, 1.807) is 18.6 Å². The molecule has 0 aliphatic rings. The molecule has 4 heteroatoms. The number of aromatic nitrogens is 3. The molecule has 2 aromatic heterocycles. The Balaban J connectivity index is 1.99. The van der Waals surface area contributed by atoms with E-state index >= 15 is 0 Å². The first-order valence-electron chi connectivity index (χ1n) is 5.89. The molecule has 0 fully saturated rings. The molecular formula is C15H11N3S. The lowest BCUT2D eigenvalue weighted by molar-refractivity contribution is 1.19. The maximum Gasteiger partial charge on any atom is 0.0958 e. The number of benzene rings is 1. The number of rotatable bonds is 3. The van der Waals surface area contributed by atoms with Gasteiger partial charge in [0.2, 0.25) is 0 Å². The summed E-state index contributed by atoms with van der Waals surface area (Å²) >= 11 is 1.46. The SMILES string of the molecule is C(=C\c1nccnc1-c1ccccc1)/c1ccns1.